The van der Waals surface area contributed by atoms with Crippen LogP contribution in [0.1, 0.15) is 6.92 Å². The van der Waals surface area contributed by atoms with E-state index in [1.54, 1.807) is 0 Å². The van der Waals surface area contributed by atoms with Crippen molar-refractivity contribution in [1.82, 2.24) is 0 Å². The van der Waals surface area contributed by atoms with Crippen molar-refractivity contribution in [2.45, 2.75) is 12.5 Å². The third kappa shape index (κ3) is 2.30. The molecular formula is C10H10FNO3. The number of hydrogen-bond donors (Lipinski definition) is 0. The summed E-state index contributed by atoms with van der Waals surface area (Å²) in [5, 5.41) is 2.75. The molecule has 0 N–H and O–H groups in total. The second kappa shape index (κ2) is 3.58. The van der Waals surface area contributed by atoms with Gasteiger partial charge in [0.1, 0.15) is 23.7 Å². The summed E-state index contributed by atoms with van der Waals surface area (Å²) in [7, 11) is 0. The lowest BCUT2D eigenvalue weighted by atomic mass is 10.2. The number of nitroso groups, excluding NO2 is 1. The molecule has 1 aromatic rings. The summed E-state index contributed by atoms with van der Waals surface area (Å²) in [6, 6.07) is 3.59. The molecule has 1 unspecified atom stereocenters. The van der Waals surface area contributed by atoms with Gasteiger partial charge in [0.25, 0.3) is 0 Å². The minimum Gasteiger partial charge on any atom is -0.488 e. The summed E-state index contributed by atoms with van der Waals surface area (Å²) in [5.74, 6) is -0.305. The van der Waals surface area contributed by atoms with Gasteiger partial charge in [0.15, 0.2) is 5.75 Å². The van der Waals surface area contributed by atoms with Gasteiger partial charge in [-0.2, -0.15) is 0 Å². The Balaban J connectivity index is 2.11. The van der Waals surface area contributed by atoms with Gasteiger partial charge >= 0.3 is 0 Å². The molecular weight excluding hydrogens is 201 g/mol. The van der Waals surface area contributed by atoms with Crippen LogP contribution in [0.2, 0.25) is 0 Å². The van der Waals surface area contributed by atoms with E-state index >= 15 is 0 Å². The molecule has 0 radical (unpaired) electrons. The molecule has 15 heavy (non-hydrogen) atoms. The quantitative estimate of drug-likeness (QED) is 0.567. The zero-order chi connectivity index (χ0) is 10.9. The molecule has 0 aliphatic carbocycles. The van der Waals surface area contributed by atoms with Gasteiger partial charge in [0.05, 0.1) is 6.61 Å². The average Bonchev–Trinajstić information content (AvgIpc) is 2.95. The van der Waals surface area contributed by atoms with Crippen molar-refractivity contribution < 1.29 is 13.9 Å². The Morgan fingerprint density at radius 2 is 2.40 bits per heavy atom. The van der Waals surface area contributed by atoms with Gasteiger partial charge in [-0.1, -0.05) is 0 Å². The molecule has 80 valence electrons. The summed E-state index contributed by atoms with van der Waals surface area (Å²) in [5.41, 5.74) is -0.201. The van der Waals surface area contributed by atoms with Crippen LogP contribution in [0.15, 0.2) is 23.4 Å². The molecule has 1 heterocycles. The van der Waals surface area contributed by atoms with Crippen LogP contribution in [0, 0.1) is 10.7 Å². The Kier molecular flexibility index (Phi) is 2.40. The van der Waals surface area contributed by atoms with E-state index in [1.807, 2.05) is 6.92 Å². The van der Waals surface area contributed by atoms with Crippen LogP contribution >= 0.6 is 0 Å². The van der Waals surface area contributed by atoms with E-state index in [-0.39, 0.29) is 17.0 Å². The first-order valence-electron chi connectivity index (χ1n) is 4.53. The SMILES string of the molecule is CC1(COc2cc(F)ccc2N=O)CO1. The Bertz CT molecular complexity index is 390. The Morgan fingerprint density at radius 1 is 1.67 bits per heavy atom. The van der Waals surface area contributed by atoms with Crippen molar-refractivity contribution >= 4 is 5.69 Å². The maximum absolute atomic E-state index is 12.9. The Hall–Kier alpha value is -1.49. The lowest BCUT2D eigenvalue weighted by Crippen LogP contribution is -2.16. The van der Waals surface area contributed by atoms with E-state index in [4.69, 9.17) is 9.47 Å². The summed E-state index contributed by atoms with van der Waals surface area (Å²) in [4.78, 5) is 10.4. The number of rotatable bonds is 4. The van der Waals surface area contributed by atoms with E-state index in [1.165, 1.54) is 12.1 Å². The summed E-state index contributed by atoms with van der Waals surface area (Å²) < 4.78 is 23.2. The van der Waals surface area contributed by atoms with Gasteiger partial charge in [0, 0.05) is 6.07 Å². The first-order chi connectivity index (χ1) is 7.13. The standard InChI is InChI=1S/C10H10FNO3/c1-10(6-15-10)5-14-9-4-7(11)2-3-8(9)12-13/h2-4H,5-6H2,1H3. The van der Waals surface area contributed by atoms with E-state index in [0.717, 1.165) is 6.07 Å². The van der Waals surface area contributed by atoms with E-state index in [2.05, 4.69) is 5.18 Å². The summed E-state index contributed by atoms with van der Waals surface area (Å²) >= 11 is 0. The number of halogens is 1. The molecule has 1 fully saturated rings. The smallest absolute Gasteiger partial charge is 0.151 e. The van der Waals surface area contributed by atoms with E-state index in [9.17, 15) is 9.30 Å². The van der Waals surface area contributed by atoms with Crippen LogP contribution in [0.25, 0.3) is 0 Å². The molecule has 0 aromatic heterocycles. The predicted molar refractivity (Wildman–Crippen MR) is 51.7 cm³/mol. The van der Waals surface area contributed by atoms with Crippen LogP contribution in [-0.4, -0.2) is 18.8 Å². The van der Waals surface area contributed by atoms with Gasteiger partial charge in [-0.05, 0) is 24.2 Å². The summed E-state index contributed by atoms with van der Waals surface area (Å²) in [6.07, 6.45) is 0. The van der Waals surface area contributed by atoms with Crippen molar-refractivity contribution in [2.75, 3.05) is 13.2 Å². The number of benzene rings is 1. The van der Waals surface area contributed by atoms with Crippen LogP contribution in [0.5, 0.6) is 5.75 Å². The fraction of sp³-hybridized carbons (Fsp3) is 0.400. The highest BCUT2D eigenvalue weighted by Gasteiger charge is 2.40. The molecule has 1 aliphatic heterocycles. The molecule has 0 saturated carbocycles. The third-order valence-electron chi connectivity index (χ3n) is 2.19. The van der Waals surface area contributed by atoms with Crippen LogP contribution in [0.3, 0.4) is 0 Å². The van der Waals surface area contributed by atoms with Gasteiger partial charge in [-0.25, -0.2) is 4.39 Å². The second-order valence-corrected chi connectivity index (χ2v) is 3.73. The molecule has 2 rings (SSSR count). The first-order valence-corrected chi connectivity index (χ1v) is 4.53. The van der Waals surface area contributed by atoms with Gasteiger partial charge in [0.2, 0.25) is 0 Å². The van der Waals surface area contributed by atoms with Crippen molar-refractivity contribution in [2.24, 2.45) is 5.18 Å². The number of hydrogen-bond acceptors (Lipinski definition) is 4. The maximum Gasteiger partial charge on any atom is 0.151 e. The summed E-state index contributed by atoms with van der Waals surface area (Å²) in [6.45, 7) is 2.78. The van der Waals surface area contributed by atoms with Gasteiger partial charge < -0.3 is 9.47 Å². The van der Waals surface area contributed by atoms with Crippen LogP contribution < -0.4 is 4.74 Å². The number of epoxide rings is 1. The average molecular weight is 211 g/mol. The monoisotopic (exact) mass is 211 g/mol. The molecule has 5 heteroatoms. The highest BCUT2D eigenvalue weighted by molar-refractivity contribution is 5.51. The second-order valence-electron chi connectivity index (χ2n) is 3.73. The zero-order valence-electron chi connectivity index (χ0n) is 8.20. The molecule has 0 bridgehead atoms. The van der Waals surface area contributed by atoms with Crippen molar-refractivity contribution in [3.63, 3.8) is 0 Å². The topological polar surface area (TPSA) is 51.2 Å². The fourth-order valence-corrected chi connectivity index (χ4v) is 1.12. The highest BCUT2D eigenvalue weighted by Crippen LogP contribution is 2.31. The van der Waals surface area contributed by atoms with Crippen molar-refractivity contribution in [3.05, 3.63) is 28.9 Å². The molecule has 0 amide bonds. The van der Waals surface area contributed by atoms with E-state index < -0.39 is 5.82 Å². The third-order valence-corrected chi connectivity index (χ3v) is 2.19. The fourth-order valence-electron chi connectivity index (χ4n) is 1.12. The predicted octanol–water partition coefficient (Wildman–Crippen LogP) is 2.39. The minimum absolute atomic E-state index is 0.0978. The molecule has 1 saturated heterocycles. The molecule has 4 nitrogen and oxygen atoms in total. The van der Waals surface area contributed by atoms with Crippen LogP contribution in [0.4, 0.5) is 10.1 Å². The largest absolute Gasteiger partial charge is 0.488 e. The first kappa shape index (κ1) is 10.0. The minimum atomic E-state index is -0.459. The highest BCUT2D eigenvalue weighted by atomic mass is 19.1. The normalized spacial score (nSPS) is 23.6. The molecule has 1 atom stereocenters. The molecule has 1 aliphatic rings. The Labute approximate surface area is 86.0 Å². The van der Waals surface area contributed by atoms with Crippen LogP contribution in [-0.2, 0) is 4.74 Å². The zero-order valence-corrected chi connectivity index (χ0v) is 8.20. The lowest BCUT2D eigenvalue weighted by Gasteiger charge is -2.09. The van der Waals surface area contributed by atoms with Gasteiger partial charge in [-0.15, -0.1) is 4.91 Å². The molecule has 0 spiro atoms. The van der Waals surface area contributed by atoms with Crippen molar-refractivity contribution in [3.8, 4) is 5.75 Å². The Morgan fingerprint density at radius 3 is 3.00 bits per heavy atom. The maximum atomic E-state index is 12.9. The van der Waals surface area contributed by atoms with Gasteiger partial charge in [-0.3, -0.25) is 0 Å². The number of ether oxygens (including phenoxy) is 2. The van der Waals surface area contributed by atoms with E-state index in [0.29, 0.717) is 13.2 Å². The van der Waals surface area contributed by atoms with Crippen molar-refractivity contribution in [1.29, 1.82) is 0 Å². The lowest BCUT2D eigenvalue weighted by molar-refractivity contribution is 0.202. The number of nitrogens with zero attached hydrogens (tertiary/aromatic N) is 1. The molecule has 1 aromatic carbocycles.